The van der Waals surface area contributed by atoms with Crippen LogP contribution in [0.2, 0.25) is 0 Å². The SMILES string of the molecule is NC(=O)Cc1cc(Br)ccc1OCc1ccccc1. The highest BCUT2D eigenvalue weighted by atomic mass is 79.9. The summed E-state index contributed by atoms with van der Waals surface area (Å²) >= 11 is 3.37. The number of ether oxygens (including phenoxy) is 1. The van der Waals surface area contributed by atoms with Gasteiger partial charge in [-0.25, -0.2) is 0 Å². The zero-order valence-electron chi connectivity index (χ0n) is 10.3. The highest BCUT2D eigenvalue weighted by molar-refractivity contribution is 9.10. The number of nitrogens with two attached hydrogens (primary N) is 1. The maximum Gasteiger partial charge on any atom is 0.221 e. The predicted molar refractivity (Wildman–Crippen MR) is 77.8 cm³/mol. The Morgan fingerprint density at radius 2 is 1.89 bits per heavy atom. The second-order valence-electron chi connectivity index (χ2n) is 4.17. The molecule has 19 heavy (non-hydrogen) atoms. The first-order valence-corrected chi connectivity index (χ1v) is 6.68. The third-order valence-electron chi connectivity index (χ3n) is 2.62. The fraction of sp³-hybridized carbons (Fsp3) is 0.133. The van der Waals surface area contributed by atoms with Gasteiger partial charge in [-0.1, -0.05) is 46.3 Å². The molecule has 0 radical (unpaired) electrons. The molecule has 0 aromatic heterocycles. The molecular weight excluding hydrogens is 306 g/mol. The molecule has 3 nitrogen and oxygen atoms in total. The van der Waals surface area contributed by atoms with Gasteiger partial charge in [-0.3, -0.25) is 4.79 Å². The van der Waals surface area contributed by atoms with Crippen molar-refractivity contribution >= 4 is 21.8 Å². The van der Waals surface area contributed by atoms with Gasteiger partial charge in [0.15, 0.2) is 0 Å². The second kappa shape index (κ2) is 6.38. The number of carbonyl (C=O) groups excluding carboxylic acids is 1. The molecule has 0 atom stereocenters. The van der Waals surface area contributed by atoms with Crippen LogP contribution in [-0.4, -0.2) is 5.91 Å². The van der Waals surface area contributed by atoms with Crippen LogP contribution >= 0.6 is 15.9 Å². The number of primary amides is 1. The van der Waals surface area contributed by atoms with E-state index in [2.05, 4.69) is 15.9 Å². The van der Waals surface area contributed by atoms with Crippen molar-refractivity contribution < 1.29 is 9.53 Å². The van der Waals surface area contributed by atoms with Gasteiger partial charge in [-0.2, -0.15) is 0 Å². The molecule has 0 unspecified atom stereocenters. The number of hydrogen-bond acceptors (Lipinski definition) is 2. The van der Waals surface area contributed by atoms with Gasteiger partial charge in [-0.05, 0) is 23.8 Å². The monoisotopic (exact) mass is 319 g/mol. The van der Waals surface area contributed by atoms with Gasteiger partial charge in [0.2, 0.25) is 5.91 Å². The maximum absolute atomic E-state index is 11.1. The second-order valence-corrected chi connectivity index (χ2v) is 5.09. The summed E-state index contributed by atoms with van der Waals surface area (Å²) in [5.74, 6) is 0.313. The lowest BCUT2D eigenvalue weighted by molar-refractivity contribution is -0.117. The van der Waals surface area contributed by atoms with Gasteiger partial charge in [0.1, 0.15) is 12.4 Å². The van der Waals surface area contributed by atoms with Crippen LogP contribution < -0.4 is 10.5 Å². The van der Waals surface area contributed by atoms with Gasteiger partial charge >= 0.3 is 0 Å². The van der Waals surface area contributed by atoms with Crippen LogP contribution in [0.4, 0.5) is 0 Å². The van der Waals surface area contributed by atoms with Crippen molar-refractivity contribution in [3.8, 4) is 5.75 Å². The zero-order chi connectivity index (χ0) is 13.7. The van der Waals surface area contributed by atoms with Gasteiger partial charge in [0.05, 0.1) is 6.42 Å². The Kier molecular flexibility index (Phi) is 4.58. The first-order chi connectivity index (χ1) is 9.15. The Hall–Kier alpha value is -1.81. The molecule has 0 spiro atoms. The third kappa shape index (κ3) is 4.10. The van der Waals surface area contributed by atoms with Gasteiger partial charge in [0.25, 0.3) is 0 Å². The van der Waals surface area contributed by atoms with Crippen LogP contribution in [0.15, 0.2) is 53.0 Å². The van der Waals surface area contributed by atoms with Crippen LogP contribution in [0.25, 0.3) is 0 Å². The standard InChI is InChI=1S/C15H14BrNO2/c16-13-6-7-14(12(8-13)9-15(17)18)19-10-11-4-2-1-3-5-11/h1-8H,9-10H2,(H2,17,18). The van der Waals surface area contributed by atoms with E-state index in [4.69, 9.17) is 10.5 Å². The average molecular weight is 320 g/mol. The Balaban J connectivity index is 2.13. The molecule has 2 N–H and O–H groups in total. The lowest BCUT2D eigenvalue weighted by Gasteiger charge is -2.11. The molecule has 0 aliphatic carbocycles. The summed E-state index contributed by atoms with van der Waals surface area (Å²) in [6.07, 6.45) is 0.170. The fourth-order valence-electron chi connectivity index (χ4n) is 1.75. The molecule has 2 aromatic rings. The number of carbonyl (C=O) groups is 1. The van der Waals surface area contributed by atoms with E-state index >= 15 is 0 Å². The van der Waals surface area contributed by atoms with E-state index in [-0.39, 0.29) is 12.3 Å². The minimum Gasteiger partial charge on any atom is -0.489 e. The van der Waals surface area contributed by atoms with Crippen molar-refractivity contribution in [2.24, 2.45) is 5.73 Å². The Morgan fingerprint density at radius 3 is 2.58 bits per heavy atom. The predicted octanol–water partition coefficient (Wildman–Crippen LogP) is 3.06. The van der Waals surface area contributed by atoms with Crippen molar-refractivity contribution in [2.75, 3.05) is 0 Å². The first kappa shape index (κ1) is 13.6. The van der Waals surface area contributed by atoms with Crippen molar-refractivity contribution in [2.45, 2.75) is 13.0 Å². The number of halogens is 1. The summed E-state index contributed by atoms with van der Waals surface area (Å²) in [7, 11) is 0. The van der Waals surface area contributed by atoms with Crippen molar-refractivity contribution in [3.05, 3.63) is 64.1 Å². The number of rotatable bonds is 5. The molecule has 0 aliphatic heterocycles. The van der Waals surface area contributed by atoms with E-state index in [1.54, 1.807) is 0 Å². The van der Waals surface area contributed by atoms with Crippen LogP contribution in [0.5, 0.6) is 5.75 Å². The molecule has 0 heterocycles. The van der Waals surface area contributed by atoms with E-state index in [0.717, 1.165) is 15.6 Å². The largest absolute Gasteiger partial charge is 0.489 e. The van der Waals surface area contributed by atoms with Gasteiger partial charge in [-0.15, -0.1) is 0 Å². The summed E-state index contributed by atoms with van der Waals surface area (Å²) in [6, 6.07) is 15.4. The Labute approximate surface area is 120 Å². The summed E-state index contributed by atoms with van der Waals surface area (Å²) < 4.78 is 6.65. The van der Waals surface area contributed by atoms with Crippen LogP contribution in [-0.2, 0) is 17.8 Å². The Morgan fingerprint density at radius 1 is 1.16 bits per heavy atom. The normalized spacial score (nSPS) is 10.2. The molecule has 4 heteroatoms. The molecule has 98 valence electrons. The quantitative estimate of drug-likeness (QED) is 0.920. The minimum atomic E-state index is -0.373. The van der Waals surface area contributed by atoms with Gasteiger partial charge in [0, 0.05) is 10.0 Å². The minimum absolute atomic E-state index is 0.170. The van der Waals surface area contributed by atoms with Crippen molar-refractivity contribution in [3.63, 3.8) is 0 Å². The zero-order valence-corrected chi connectivity index (χ0v) is 11.9. The molecule has 0 bridgehead atoms. The molecule has 0 saturated heterocycles. The fourth-order valence-corrected chi connectivity index (χ4v) is 2.16. The average Bonchev–Trinajstić information content (AvgIpc) is 2.38. The summed E-state index contributed by atoms with van der Waals surface area (Å²) in [4.78, 5) is 11.1. The Bertz CT molecular complexity index is 570. The van der Waals surface area contributed by atoms with E-state index < -0.39 is 0 Å². The molecule has 2 aromatic carbocycles. The van der Waals surface area contributed by atoms with Crippen molar-refractivity contribution in [1.82, 2.24) is 0 Å². The molecule has 1 amide bonds. The van der Waals surface area contributed by atoms with Crippen LogP contribution in [0.3, 0.4) is 0 Å². The van der Waals surface area contributed by atoms with E-state index in [1.807, 2.05) is 48.5 Å². The number of hydrogen-bond donors (Lipinski definition) is 1. The number of amides is 1. The molecule has 0 fully saturated rings. The van der Waals surface area contributed by atoms with Crippen LogP contribution in [0, 0.1) is 0 Å². The van der Waals surface area contributed by atoms with E-state index in [9.17, 15) is 4.79 Å². The van der Waals surface area contributed by atoms with Gasteiger partial charge < -0.3 is 10.5 Å². The third-order valence-corrected chi connectivity index (χ3v) is 3.12. The van der Waals surface area contributed by atoms with E-state index in [1.165, 1.54) is 0 Å². The molecule has 2 rings (SSSR count). The smallest absolute Gasteiger partial charge is 0.221 e. The number of benzene rings is 2. The lowest BCUT2D eigenvalue weighted by atomic mass is 10.1. The summed E-state index contributed by atoms with van der Waals surface area (Å²) in [5.41, 5.74) is 7.11. The summed E-state index contributed by atoms with van der Waals surface area (Å²) in [5, 5.41) is 0. The first-order valence-electron chi connectivity index (χ1n) is 5.88. The molecular formula is C15H14BrNO2. The maximum atomic E-state index is 11.1. The van der Waals surface area contributed by atoms with E-state index in [0.29, 0.717) is 12.4 Å². The summed E-state index contributed by atoms with van der Waals surface area (Å²) in [6.45, 7) is 0.467. The lowest BCUT2D eigenvalue weighted by Crippen LogP contribution is -2.14. The van der Waals surface area contributed by atoms with Crippen LogP contribution in [0.1, 0.15) is 11.1 Å². The van der Waals surface area contributed by atoms with Crippen molar-refractivity contribution in [1.29, 1.82) is 0 Å². The molecule has 0 saturated carbocycles. The topological polar surface area (TPSA) is 52.3 Å². The highest BCUT2D eigenvalue weighted by Gasteiger charge is 2.08. The highest BCUT2D eigenvalue weighted by Crippen LogP contribution is 2.24. The molecule has 0 aliphatic rings.